The van der Waals surface area contributed by atoms with Gasteiger partial charge in [0.25, 0.3) is 5.91 Å². The lowest BCUT2D eigenvalue weighted by Gasteiger charge is -2.32. The molecule has 0 bridgehead atoms. The molecule has 1 atom stereocenters. The molecular weight excluding hydrogens is 346 g/mol. The van der Waals surface area contributed by atoms with Crippen LogP contribution in [0.1, 0.15) is 39.9 Å². The Balaban J connectivity index is 1.64. The molecule has 6 nitrogen and oxygen atoms in total. The van der Waals surface area contributed by atoms with Crippen LogP contribution in [0.5, 0.6) is 0 Å². The Morgan fingerprint density at radius 1 is 1.27 bits per heavy atom. The van der Waals surface area contributed by atoms with Crippen LogP contribution in [-0.4, -0.2) is 43.4 Å². The normalized spacial score (nSPS) is 17.5. The van der Waals surface area contributed by atoms with E-state index in [1.165, 1.54) is 11.3 Å². The van der Waals surface area contributed by atoms with Crippen LogP contribution >= 0.6 is 11.3 Å². The quantitative estimate of drug-likeness (QED) is 0.713. The van der Waals surface area contributed by atoms with Gasteiger partial charge in [-0.25, -0.2) is 4.98 Å². The van der Waals surface area contributed by atoms with Gasteiger partial charge in [-0.1, -0.05) is 6.07 Å². The van der Waals surface area contributed by atoms with Crippen molar-refractivity contribution >= 4 is 17.2 Å². The molecule has 3 aromatic heterocycles. The average Bonchev–Trinajstić information content (AvgIpc) is 3.32. The molecule has 0 aliphatic carbocycles. The van der Waals surface area contributed by atoms with Crippen LogP contribution in [0.3, 0.4) is 0 Å². The van der Waals surface area contributed by atoms with Crippen molar-refractivity contribution in [2.45, 2.75) is 25.7 Å². The van der Waals surface area contributed by atoms with Gasteiger partial charge in [0.1, 0.15) is 11.5 Å². The topological polar surface area (TPSA) is 63.9 Å². The Bertz CT molecular complexity index is 918. The second kappa shape index (κ2) is 6.99. The van der Waals surface area contributed by atoms with E-state index < -0.39 is 0 Å². The lowest BCUT2D eigenvalue weighted by atomic mass is 9.92. The summed E-state index contributed by atoms with van der Waals surface area (Å²) in [6.07, 6.45) is 7.29. The fourth-order valence-corrected chi connectivity index (χ4v) is 4.20. The minimum atomic E-state index is 0.117. The predicted octanol–water partition coefficient (Wildman–Crippen LogP) is 3.27. The lowest BCUT2D eigenvalue weighted by Crippen LogP contribution is -2.39. The van der Waals surface area contributed by atoms with E-state index in [2.05, 4.69) is 15.0 Å². The van der Waals surface area contributed by atoms with E-state index in [0.717, 1.165) is 47.2 Å². The summed E-state index contributed by atoms with van der Waals surface area (Å²) >= 11 is 1.50. The molecule has 0 unspecified atom stereocenters. The van der Waals surface area contributed by atoms with Gasteiger partial charge < -0.3 is 9.47 Å². The first-order valence-electron chi connectivity index (χ1n) is 8.77. The van der Waals surface area contributed by atoms with Crippen molar-refractivity contribution in [1.82, 2.24) is 24.4 Å². The van der Waals surface area contributed by atoms with Crippen LogP contribution in [0, 0.1) is 6.92 Å². The third-order valence-electron chi connectivity index (χ3n) is 5.02. The summed E-state index contributed by atoms with van der Waals surface area (Å²) in [4.78, 5) is 29.1. The fourth-order valence-electron chi connectivity index (χ4n) is 3.51. The number of imidazole rings is 1. The number of carbonyl (C=O) groups excluding carboxylic acids is 1. The van der Waals surface area contributed by atoms with E-state index >= 15 is 0 Å². The molecule has 1 saturated heterocycles. The van der Waals surface area contributed by atoms with Crippen molar-refractivity contribution in [3.8, 4) is 11.4 Å². The third kappa shape index (κ3) is 3.03. The number of piperidine rings is 1. The minimum Gasteiger partial charge on any atom is -0.337 e. The molecule has 134 valence electrons. The number of hydrogen-bond acceptors (Lipinski definition) is 5. The molecule has 0 saturated carbocycles. The number of carbonyl (C=O) groups is 1. The summed E-state index contributed by atoms with van der Waals surface area (Å²) in [6, 6.07) is 3.81. The zero-order valence-corrected chi connectivity index (χ0v) is 15.7. The Morgan fingerprint density at radius 3 is 2.85 bits per heavy atom. The molecule has 3 aromatic rings. The first kappa shape index (κ1) is 16.9. The molecule has 0 radical (unpaired) electrons. The van der Waals surface area contributed by atoms with Crippen molar-refractivity contribution < 1.29 is 4.79 Å². The van der Waals surface area contributed by atoms with Crippen LogP contribution in [0.2, 0.25) is 0 Å². The van der Waals surface area contributed by atoms with Gasteiger partial charge in [0.2, 0.25) is 0 Å². The molecular formula is C19H21N5OS. The minimum absolute atomic E-state index is 0.117. The maximum Gasteiger partial charge on any atom is 0.263 e. The molecule has 4 heterocycles. The van der Waals surface area contributed by atoms with Gasteiger partial charge in [-0.05, 0) is 31.2 Å². The van der Waals surface area contributed by atoms with Gasteiger partial charge in [0, 0.05) is 38.4 Å². The first-order chi connectivity index (χ1) is 12.6. The summed E-state index contributed by atoms with van der Waals surface area (Å²) in [6.45, 7) is 3.45. The maximum absolute atomic E-state index is 12.7. The van der Waals surface area contributed by atoms with Crippen LogP contribution in [0.25, 0.3) is 11.4 Å². The zero-order valence-electron chi connectivity index (χ0n) is 14.9. The van der Waals surface area contributed by atoms with Crippen molar-refractivity contribution in [3.05, 3.63) is 52.5 Å². The Labute approximate surface area is 156 Å². The third-order valence-corrected chi connectivity index (χ3v) is 5.87. The highest BCUT2D eigenvalue weighted by molar-refractivity contribution is 7.12. The Kier molecular flexibility index (Phi) is 4.55. The van der Waals surface area contributed by atoms with Gasteiger partial charge in [0.15, 0.2) is 0 Å². The summed E-state index contributed by atoms with van der Waals surface area (Å²) in [5.41, 5.74) is 2.79. The van der Waals surface area contributed by atoms with Gasteiger partial charge in [-0.2, -0.15) is 0 Å². The molecule has 1 amide bonds. The van der Waals surface area contributed by atoms with Gasteiger partial charge in [-0.3, -0.25) is 14.8 Å². The molecule has 0 spiro atoms. The van der Waals surface area contributed by atoms with E-state index in [9.17, 15) is 4.79 Å². The standard InChI is InChI=1S/C19H21N5OS/c1-13-22-11-15(23(13)2)18-17(20-7-8-21-18)14-5-3-9-24(12-14)19(25)16-6-4-10-26-16/h4,6-8,10-11,14H,3,5,9,12H2,1-2H3/t14-/m1/s1. The predicted molar refractivity (Wildman–Crippen MR) is 101 cm³/mol. The van der Waals surface area contributed by atoms with E-state index in [-0.39, 0.29) is 11.8 Å². The number of hydrogen-bond donors (Lipinski definition) is 0. The Morgan fingerprint density at radius 2 is 2.12 bits per heavy atom. The number of thiophene rings is 1. The molecule has 1 fully saturated rings. The lowest BCUT2D eigenvalue weighted by molar-refractivity contribution is 0.0711. The van der Waals surface area contributed by atoms with Gasteiger partial charge in [-0.15, -0.1) is 11.3 Å². The maximum atomic E-state index is 12.7. The SMILES string of the molecule is Cc1ncc(-c2nccnc2[C@@H]2CCCN(C(=O)c3cccs3)C2)n1C. The summed E-state index contributed by atoms with van der Waals surface area (Å²) < 4.78 is 2.03. The van der Waals surface area contributed by atoms with Gasteiger partial charge >= 0.3 is 0 Å². The smallest absolute Gasteiger partial charge is 0.263 e. The fraction of sp³-hybridized carbons (Fsp3) is 0.368. The number of aromatic nitrogens is 4. The van der Waals surface area contributed by atoms with E-state index in [4.69, 9.17) is 0 Å². The number of amides is 1. The van der Waals surface area contributed by atoms with Crippen molar-refractivity contribution in [2.75, 3.05) is 13.1 Å². The molecule has 7 heteroatoms. The highest BCUT2D eigenvalue weighted by atomic mass is 32.1. The number of aryl methyl sites for hydroxylation is 1. The molecule has 26 heavy (non-hydrogen) atoms. The highest BCUT2D eigenvalue weighted by Gasteiger charge is 2.29. The monoisotopic (exact) mass is 367 g/mol. The largest absolute Gasteiger partial charge is 0.337 e. The molecule has 0 aromatic carbocycles. The summed E-state index contributed by atoms with van der Waals surface area (Å²) in [7, 11) is 1.99. The molecule has 1 aliphatic heterocycles. The second-order valence-corrected chi connectivity index (χ2v) is 7.56. The summed E-state index contributed by atoms with van der Waals surface area (Å²) in [5.74, 6) is 1.24. The number of nitrogens with zero attached hydrogens (tertiary/aromatic N) is 5. The van der Waals surface area contributed by atoms with Crippen LogP contribution < -0.4 is 0 Å². The van der Waals surface area contributed by atoms with E-state index in [1.54, 1.807) is 12.4 Å². The molecule has 1 aliphatic rings. The van der Waals surface area contributed by atoms with Crippen molar-refractivity contribution in [1.29, 1.82) is 0 Å². The summed E-state index contributed by atoms with van der Waals surface area (Å²) in [5, 5.41) is 1.94. The Hall–Kier alpha value is -2.54. The average molecular weight is 367 g/mol. The highest BCUT2D eigenvalue weighted by Crippen LogP contribution is 2.32. The van der Waals surface area contributed by atoms with Crippen LogP contribution in [0.4, 0.5) is 0 Å². The van der Waals surface area contributed by atoms with Crippen molar-refractivity contribution in [3.63, 3.8) is 0 Å². The van der Waals surface area contributed by atoms with Gasteiger partial charge in [0.05, 0.1) is 22.5 Å². The molecule has 4 rings (SSSR count). The number of likely N-dealkylation sites (tertiary alicyclic amines) is 1. The van der Waals surface area contributed by atoms with Crippen molar-refractivity contribution in [2.24, 2.45) is 7.05 Å². The number of rotatable bonds is 3. The van der Waals surface area contributed by atoms with E-state index in [0.29, 0.717) is 6.54 Å². The van der Waals surface area contributed by atoms with Crippen LogP contribution in [0.15, 0.2) is 36.1 Å². The van der Waals surface area contributed by atoms with Crippen LogP contribution in [-0.2, 0) is 7.05 Å². The second-order valence-electron chi connectivity index (χ2n) is 6.61. The zero-order chi connectivity index (χ0) is 18.1. The van der Waals surface area contributed by atoms with E-state index in [1.807, 2.05) is 47.1 Å². The first-order valence-corrected chi connectivity index (χ1v) is 9.65. The molecule has 0 N–H and O–H groups in total.